The van der Waals surface area contributed by atoms with Crippen molar-refractivity contribution in [2.75, 3.05) is 0 Å². The van der Waals surface area contributed by atoms with E-state index in [0.717, 1.165) is 89.5 Å². The van der Waals surface area contributed by atoms with Crippen LogP contribution in [0.15, 0.2) is 247 Å². The van der Waals surface area contributed by atoms with Gasteiger partial charge >= 0.3 is 0 Å². The molecule has 70 heavy (non-hydrogen) atoms. The Morgan fingerprint density at radius 1 is 0.414 bits per heavy atom. The van der Waals surface area contributed by atoms with Crippen LogP contribution in [0.4, 0.5) is 0 Å². The first-order chi connectivity index (χ1) is 34.7. The highest BCUT2D eigenvalue weighted by Crippen LogP contribution is 2.47. The van der Waals surface area contributed by atoms with Gasteiger partial charge in [-0.2, -0.15) is 0 Å². The molecule has 0 spiro atoms. The van der Waals surface area contributed by atoms with Gasteiger partial charge in [-0.1, -0.05) is 194 Å². The molecule has 0 amide bonds. The van der Waals surface area contributed by atoms with Crippen molar-refractivity contribution in [3.8, 4) is 72.8 Å². The quantitative estimate of drug-likeness (QED) is 0.160. The van der Waals surface area contributed by atoms with E-state index in [4.69, 9.17) is 14.4 Å². The van der Waals surface area contributed by atoms with E-state index >= 15 is 0 Å². The molecule has 1 aliphatic carbocycles. The fraction of sp³-hybridized carbons (Fsp3) is 0.0303. The topological polar surface area (TPSA) is 43.9 Å². The van der Waals surface area contributed by atoms with Crippen LogP contribution < -0.4 is 0 Å². The van der Waals surface area contributed by atoms with Crippen molar-refractivity contribution < 1.29 is 4.42 Å². The van der Waals surface area contributed by atoms with Gasteiger partial charge in [-0.3, -0.25) is 0 Å². The molecule has 0 bridgehead atoms. The van der Waals surface area contributed by atoms with Gasteiger partial charge in [0.1, 0.15) is 16.7 Å². The van der Waals surface area contributed by atoms with Gasteiger partial charge in [-0.25, -0.2) is 9.97 Å². The summed E-state index contributed by atoms with van der Waals surface area (Å²) < 4.78 is 9.00. The molecule has 14 rings (SSSR count). The fourth-order valence-corrected chi connectivity index (χ4v) is 11.1. The minimum Gasteiger partial charge on any atom is -0.456 e. The van der Waals surface area contributed by atoms with E-state index in [0.29, 0.717) is 5.82 Å². The number of hydrogen-bond acceptors (Lipinski definition) is 3. The van der Waals surface area contributed by atoms with Crippen molar-refractivity contribution in [1.82, 2.24) is 14.5 Å². The number of rotatable bonds is 7. The Kier molecular flexibility index (Phi) is 9.31. The first kappa shape index (κ1) is 40.0. The van der Waals surface area contributed by atoms with Crippen LogP contribution in [0.3, 0.4) is 0 Å². The number of benzene rings is 10. The number of nitrogens with zero attached hydrogens (tertiary/aromatic N) is 3. The Bertz CT molecular complexity index is 4140. The molecule has 3 aromatic heterocycles. The van der Waals surface area contributed by atoms with Crippen LogP contribution in [0.2, 0.25) is 0 Å². The Balaban J connectivity index is 0.928. The minimum atomic E-state index is 0.242. The van der Waals surface area contributed by atoms with E-state index in [1.54, 1.807) is 0 Å². The molecule has 1 unspecified atom stereocenters. The second kappa shape index (κ2) is 16.3. The molecule has 0 radical (unpaired) electrons. The van der Waals surface area contributed by atoms with E-state index in [-0.39, 0.29) is 5.92 Å². The summed E-state index contributed by atoms with van der Waals surface area (Å²) in [5.41, 5.74) is 22.3. The standard InChI is InChI=1S/C66H43N3O/c1-5-17-42(18-6-1)45-24-15-25-48(37-45)55-40-49-23-13-14-28-52(49)56-38-46(31-34-54(55)56)47-33-36-60-58(39-47)62-53(29-16-30-61(62)70-60)50-32-35-59-57(41-50)64-65(69(59)51-26-11-4-12-27-51)63(43-19-7-2-8-20-43)67-66(68-64)44-21-9-3-10-22-44/h1-39,41,55H,40H2. The van der Waals surface area contributed by atoms with Crippen LogP contribution in [0, 0.1) is 0 Å². The molecule has 0 saturated heterocycles. The number of aromatic nitrogens is 3. The van der Waals surface area contributed by atoms with Crippen molar-refractivity contribution in [2.45, 2.75) is 12.3 Å². The highest BCUT2D eigenvalue weighted by Gasteiger charge is 2.27. The molecule has 4 heteroatoms. The van der Waals surface area contributed by atoms with Gasteiger partial charge < -0.3 is 8.98 Å². The van der Waals surface area contributed by atoms with E-state index < -0.39 is 0 Å². The van der Waals surface area contributed by atoms with Crippen molar-refractivity contribution in [1.29, 1.82) is 0 Å². The monoisotopic (exact) mass is 893 g/mol. The van der Waals surface area contributed by atoms with Gasteiger partial charge in [0.25, 0.3) is 0 Å². The van der Waals surface area contributed by atoms with Crippen LogP contribution in [-0.2, 0) is 6.42 Å². The maximum atomic E-state index is 6.67. The first-order valence-corrected chi connectivity index (χ1v) is 24.1. The first-order valence-electron chi connectivity index (χ1n) is 24.1. The largest absolute Gasteiger partial charge is 0.456 e. The molecule has 0 aliphatic heterocycles. The second-order valence-corrected chi connectivity index (χ2v) is 18.4. The number of hydrogen-bond donors (Lipinski definition) is 0. The summed E-state index contributed by atoms with van der Waals surface area (Å²) >= 11 is 0. The Morgan fingerprint density at radius 2 is 1.04 bits per heavy atom. The molecule has 0 saturated carbocycles. The van der Waals surface area contributed by atoms with E-state index in [2.05, 4.69) is 229 Å². The van der Waals surface area contributed by atoms with Crippen molar-refractivity contribution in [3.63, 3.8) is 0 Å². The average molecular weight is 894 g/mol. The van der Waals surface area contributed by atoms with Crippen LogP contribution in [-0.4, -0.2) is 14.5 Å². The lowest BCUT2D eigenvalue weighted by Crippen LogP contribution is -2.13. The zero-order chi connectivity index (χ0) is 46.1. The smallest absolute Gasteiger partial charge is 0.160 e. The summed E-state index contributed by atoms with van der Waals surface area (Å²) in [5, 5.41) is 3.23. The summed E-state index contributed by atoms with van der Waals surface area (Å²) in [5.74, 6) is 0.934. The zero-order valence-corrected chi connectivity index (χ0v) is 38.1. The van der Waals surface area contributed by atoms with E-state index in [1.807, 2.05) is 18.2 Å². The molecule has 1 atom stereocenters. The third-order valence-electron chi connectivity index (χ3n) is 14.4. The predicted octanol–water partition coefficient (Wildman–Crippen LogP) is 17.2. The summed E-state index contributed by atoms with van der Waals surface area (Å²) in [6.45, 7) is 0. The van der Waals surface area contributed by atoms with Crippen LogP contribution >= 0.6 is 0 Å². The number of fused-ring (bicyclic) bond motifs is 9. The highest BCUT2D eigenvalue weighted by molar-refractivity contribution is 6.16. The summed E-state index contributed by atoms with van der Waals surface area (Å²) in [7, 11) is 0. The van der Waals surface area contributed by atoms with Crippen LogP contribution in [0.25, 0.3) is 117 Å². The third kappa shape index (κ3) is 6.60. The van der Waals surface area contributed by atoms with Crippen molar-refractivity contribution in [3.05, 3.63) is 259 Å². The minimum absolute atomic E-state index is 0.242. The number of para-hydroxylation sites is 1. The van der Waals surface area contributed by atoms with Crippen molar-refractivity contribution >= 4 is 43.9 Å². The lowest BCUT2D eigenvalue weighted by molar-refractivity contribution is 0.669. The maximum absolute atomic E-state index is 6.67. The summed E-state index contributed by atoms with van der Waals surface area (Å²) in [6.07, 6.45) is 0.963. The van der Waals surface area contributed by atoms with Crippen LogP contribution in [0.5, 0.6) is 0 Å². The maximum Gasteiger partial charge on any atom is 0.160 e. The molecule has 0 fully saturated rings. The average Bonchev–Trinajstić information content (AvgIpc) is 3.99. The normalized spacial score (nSPS) is 13.2. The van der Waals surface area contributed by atoms with Crippen molar-refractivity contribution in [2.24, 2.45) is 0 Å². The SMILES string of the molecule is c1ccc(-c2cccc(C3Cc4ccccc4-c4cc(-c5ccc6oc7cccc(-c8ccc9c(c8)c8nc(-c%10ccccc%10)nc(-c%10ccccc%10)c8n9-c8ccccc8)c7c6c5)ccc43)c2)cc1. The van der Waals surface area contributed by atoms with E-state index in [9.17, 15) is 0 Å². The lowest BCUT2D eigenvalue weighted by atomic mass is 9.74. The second-order valence-electron chi connectivity index (χ2n) is 18.4. The molecule has 1 aliphatic rings. The van der Waals surface area contributed by atoms with Gasteiger partial charge in [0, 0.05) is 38.9 Å². The molecular weight excluding hydrogens is 851 g/mol. The zero-order valence-electron chi connectivity index (χ0n) is 38.1. The fourth-order valence-electron chi connectivity index (χ4n) is 11.1. The Labute approximate surface area is 405 Å². The molecule has 4 nitrogen and oxygen atoms in total. The Morgan fingerprint density at radius 3 is 1.86 bits per heavy atom. The molecule has 3 heterocycles. The predicted molar refractivity (Wildman–Crippen MR) is 288 cm³/mol. The van der Waals surface area contributed by atoms with Gasteiger partial charge in [0.05, 0.1) is 16.7 Å². The highest BCUT2D eigenvalue weighted by atomic mass is 16.3. The molecule has 328 valence electrons. The summed E-state index contributed by atoms with van der Waals surface area (Å²) in [4.78, 5) is 10.7. The van der Waals surface area contributed by atoms with E-state index in [1.165, 1.54) is 44.5 Å². The van der Waals surface area contributed by atoms with Gasteiger partial charge in [0.2, 0.25) is 0 Å². The molecule has 10 aromatic carbocycles. The third-order valence-corrected chi connectivity index (χ3v) is 14.4. The Hall–Kier alpha value is -9.12. The van der Waals surface area contributed by atoms with Gasteiger partial charge in [-0.15, -0.1) is 0 Å². The molecule has 13 aromatic rings. The molecule has 0 N–H and O–H groups in total. The van der Waals surface area contributed by atoms with Gasteiger partial charge in [-0.05, 0) is 116 Å². The lowest BCUT2D eigenvalue weighted by Gasteiger charge is -2.29. The van der Waals surface area contributed by atoms with Gasteiger partial charge in [0.15, 0.2) is 5.82 Å². The molecular formula is C66H43N3O. The number of furan rings is 1. The summed E-state index contributed by atoms with van der Waals surface area (Å²) in [6, 6.07) is 87.1. The van der Waals surface area contributed by atoms with Crippen LogP contribution in [0.1, 0.15) is 22.6 Å².